The van der Waals surface area contributed by atoms with Gasteiger partial charge in [-0.05, 0) is 110 Å². The van der Waals surface area contributed by atoms with Crippen LogP contribution in [-0.4, -0.2) is 16.1 Å². The molecule has 0 saturated heterocycles. The first kappa shape index (κ1) is 53.4. The molecule has 9 aromatic carbocycles. The summed E-state index contributed by atoms with van der Waals surface area (Å²) in [4.78, 5) is 4.93. The molecule has 8 heteroatoms. The molecule has 0 aliphatic heterocycles. The van der Waals surface area contributed by atoms with Crippen LogP contribution >= 0.6 is 0 Å². The van der Waals surface area contributed by atoms with E-state index in [2.05, 4.69) is 286 Å². The van der Waals surface area contributed by atoms with Crippen molar-refractivity contribution in [2.24, 2.45) is 5.92 Å². The SMILES string of the molecule is CC(C)(C)c1ccc(N(C2=CC3C(c4oc5ccccc5c42)c2c(cc(N(c4ccc(C(C)(C)C)cc4)c4ccc5c(c4)oc4c([Si](C)(C)C)cccc45)c4c2oc2ccccc24)C3(C)C)c2ccc3c(c2)oc2c([Si](C)(C)C)cccc23)cc1. The number of hydrogen-bond donors (Lipinski definition) is 0. The minimum absolute atomic E-state index is 0.0283. The fourth-order valence-electron chi connectivity index (χ4n) is 14.4. The molecule has 0 spiro atoms. The van der Waals surface area contributed by atoms with Crippen LogP contribution < -0.4 is 20.2 Å². The predicted octanol–water partition coefficient (Wildman–Crippen LogP) is 21.5. The average Bonchev–Trinajstić information content (AvgIpc) is 3.90. The van der Waals surface area contributed by atoms with Gasteiger partial charge in [-0.25, -0.2) is 0 Å². The number of hydrogen-bond acceptors (Lipinski definition) is 6. The maximum atomic E-state index is 7.46. The largest absolute Gasteiger partial charge is 0.460 e. The second-order valence-electron chi connectivity index (χ2n) is 29.0. The van der Waals surface area contributed by atoms with Crippen molar-refractivity contribution in [1.29, 1.82) is 0 Å². The molecule has 2 aliphatic rings. The lowest BCUT2D eigenvalue weighted by atomic mass is 9.71. The summed E-state index contributed by atoms with van der Waals surface area (Å²) in [6.45, 7) is 33.0. The standard InChI is InChI=1S/C77H74N2O4Si2/c1-75(2,3)45-29-33-47(34-30-45)78(49-37-39-51-53-23-19-27-65(84(9,10)11)71(53)82-63(51)41-49)59-43-57-69(73-67(59)55-21-15-17-25-61(55)80-73)70-58(77(57,7)8)44-60(68-56-22-16-18-26-62(56)81-74(68)70)79(48-35-31-46(32-36-48)76(4,5)6)50-38-40-52-54-24-20-28-66(85(12,13)14)72(54)83-64(52)42-50/h15-44,57,69H,1-14H3. The van der Waals surface area contributed by atoms with E-state index in [1.165, 1.54) is 38.0 Å². The molecule has 13 aromatic rings. The lowest BCUT2D eigenvalue weighted by Gasteiger charge is -2.37. The number of fused-ring (bicyclic) bond motifs is 17. The number of allylic oxidation sites excluding steroid dienone is 1. The predicted molar refractivity (Wildman–Crippen MR) is 364 cm³/mol. The zero-order valence-electron chi connectivity index (χ0n) is 51.5. The zero-order chi connectivity index (χ0) is 59.0. The van der Waals surface area contributed by atoms with Gasteiger partial charge in [0.05, 0.1) is 38.8 Å². The number of para-hydroxylation sites is 4. The number of anilines is 5. The summed E-state index contributed by atoms with van der Waals surface area (Å²) in [6.07, 6.45) is 2.58. The molecule has 0 bridgehead atoms. The molecule has 0 amide bonds. The summed E-state index contributed by atoms with van der Waals surface area (Å²) < 4.78 is 29.0. The second kappa shape index (κ2) is 18.4. The molecule has 85 heavy (non-hydrogen) atoms. The van der Waals surface area contributed by atoms with Crippen LogP contribution in [0.1, 0.15) is 94.9 Å². The summed E-state index contributed by atoms with van der Waals surface area (Å²) in [5.41, 5.74) is 18.2. The van der Waals surface area contributed by atoms with E-state index in [0.29, 0.717) is 0 Å². The Hall–Kier alpha value is -8.31. The molecule has 4 aromatic heterocycles. The molecule has 424 valence electrons. The van der Waals surface area contributed by atoms with Gasteiger partial charge in [-0.15, -0.1) is 0 Å². The van der Waals surface area contributed by atoms with E-state index in [1.807, 2.05) is 0 Å². The summed E-state index contributed by atoms with van der Waals surface area (Å²) in [7, 11) is -3.50. The summed E-state index contributed by atoms with van der Waals surface area (Å²) >= 11 is 0. The van der Waals surface area contributed by atoms with E-state index < -0.39 is 21.6 Å². The number of furan rings is 4. The van der Waals surface area contributed by atoms with E-state index in [1.54, 1.807) is 0 Å². The Morgan fingerprint density at radius 3 is 1.41 bits per heavy atom. The van der Waals surface area contributed by atoms with Gasteiger partial charge in [-0.3, -0.25) is 0 Å². The Kier molecular flexibility index (Phi) is 11.5. The molecule has 0 fully saturated rings. The lowest BCUT2D eigenvalue weighted by Crippen LogP contribution is -2.37. The highest BCUT2D eigenvalue weighted by atomic mass is 28.3. The van der Waals surface area contributed by atoms with Crippen LogP contribution in [0.5, 0.6) is 0 Å². The molecular weight excluding hydrogens is 1070 g/mol. The normalized spacial score (nSPS) is 16.3. The Labute approximate surface area is 500 Å². The van der Waals surface area contributed by atoms with Gasteiger partial charge in [0.1, 0.15) is 44.8 Å². The summed E-state index contributed by atoms with van der Waals surface area (Å²) in [6, 6.07) is 65.1. The zero-order valence-corrected chi connectivity index (χ0v) is 53.5. The summed E-state index contributed by atoms with van der Waals surface area (Å²) in [5, 5.41) is 10.5. The first-order valence-corrected chi connectivity index (χ1v) is 37.4. The lowest BCUT2D eigenvalue weighted by molar-refractivity contribution is 0.359. The van der Waals surface area contributed by atoms with Crippen molar-refractivity contribution in [2.45, 2.75) is 117 Å². The maximum absolute atomic E-state index is 7.46. The monoisotopic (exact) mass is 1150 g/mol. The third kappa shape index (κ3) is 8.22. The third-order valence-electron chi connectivity index (χ3n) is 18.9. The number of benzene rings is 9. The van der Waals surface area contributed by atoms with Crippen LogP contribution in [0.2, 0.25) is 39.3 Å². The third-order valence-corrected chi connectivity index (χ3v) is 22.9. The van der Waals surface area contributed by atoms with Crippen LogP contribution in [0.15, 0.2) is 200 Å². The van der Waals surface area contributed by atoms with Gasteiger partial charge in [-0.2, -0.15) is 0 Å². The molecule has 0 saturated carbocycles. The van der Waals surface area contributed by atoms with Gasteiger partial charge in [0.25, 0.3) is 0 Å². The smallest absolute Gasteiger partial charge is 0.141 e. The molecule has 0 radical (unpaired) electrons. The first-order chi connectivity index (χ1) is 40.4. The quantitative estimate of drug-likeness (QED) is 0.141. The van der Waals surface area contributed by atoms with Crippen LogP contribution in [0.25, 0.3) is 82.5 Å². The van der Waals surface area contributed by atoms with Crippen LogP contribution in [-0.2, 0) is 16.2 Å². The number of rotatable bonds is 8. The van der Waals surface area contributed by atoms with Crippen molar-refractivity contribution < 1.29 is 17.7 Å². The Bertz CT molecular complexity index is 4920. The van der Waals surface area contributed by atoms with Gasteiger partial charge in [-0.1, -0.05) is 198 Å². The maximum Gasteiger partial charge on any atom is 0.141 e. The minimum Gasteiger partial charge on any atom is -0.460 e. The van der Waals surface area contributed by atoms with E-state index in [0.717, 1.165) is 117 Å². The van der Waals surface area contributed by atoms with Crippen LogP contribution in [0, 0.1) is 5.92 Å². The highest BCUT2D eigenvalue weighted by molar-refractivity contribution is 6.90. The van der Waals surface area contributed by atoms with Crippen molar-refractivity contribution in [3.05, 3.63) is 216 Å². The van der Waals surface area contributed by atoms with Crippen molar-refractivity contribution in [1.82, 2.24) is 0 Å². The summed E-state index contributed by atoms with van der Waals surface area (Å²) in [5.74, 6) is 0.714. The molecule has 2 unspecified atom stereocenters. The Morgan fingerprint density at radius 1 is 0.424 bits per heavy atom. The fourth-order valence-corrected chi connectivity index (χ4v) is 17.3. The van der Waals surface area contributed by atoms with Gasteiger partial charge in [0, 0.05) is 84.2 Å². The molecular formula is C77H74N2O4Si2. The van der Waals surface area contributed by atoms with Crippen molar-refractivity contribution in [3.63, 3.8) is 0 Å². The van der Waals surface area contributed by atoms with Crippen molar-refractivity contribution >= 4 is 137 Å². The highest BCUT2D eigenvalue weighted by Crippen LogP contribution is 2.64. The second-order valence-corrected chi connectivity index (χ2v) is 39.0. The number of nitrogens with zero attached hydrogens (tertiary/aromatic N) is 2. The Balaban J connectivity index is 0.986. The van der Waals surface area contributed by atoms with Crippen LogP contribution in [0.4, 0.5) is 28.4 Å². The molecule has 6 nitrogen and oxygen atoms in total. The van der Waals surface area contributed by atoms with E-state index in [4.69, 9.17) is 17.7 Å². The fraction of sp³-hybridized carbons (Fsp3) is 0.247. The highest BCUT2D eigenvalue weighted by Gasteiger charge is 2.53. The van der Waals surface area contributed by atoms with Gasteiger partial charge in [0.15, 0.2) is 0 Å². The van der Waals surface area contributed by atoms with Gasteiger partial charge < -0.3 is 27.5 Å². The van der Waals surface area contributed by atoms with E-state index in [9.17, 15) is 0 Å². The average molecular weight is 1150 g/mol. The van der Waals surface area contributed by atoms with Crippen molar-refractivity contribution in [2.75, 3.05) is 9.80 Å². The molecule has 2 atom stereocenters. The minimum atomic E-state index is -1.75. The van der Waals surface area contributed by atoms with E-state index >= 15 is 0 Å². The molecule has 15 rings (SSSR count). The molecule has 2 aliphatic carbocycles. The van der Waals surface area contributed by atoms with Gasteiger partial charge in [0.2, 0.25) is 0 Å². The first-order valence-electron chi connectivity index (χ1n) is 30.4. The van der Waals surface area contributed by atoms with Crippen LogP contribution in [0.3, 0.4) is 0 Å². The topological polar surface area (TPSA) is 59.0 Å². The Morgan fingerprint density at radius 2 is 0.882 bits per heavy atom. The molecule has 0 N–H and O–H groups in total. The van der Waals surface area contributed by atoms with Gasteiger partial charge >= 0.3 is 0 Å². The molecule has 4 heterocycles. The van der Waals surface area contributed by atoms with Crippen molar-refractivity contribution in [3.8, 4) is 0 Å². The van der Waals surface area contributed by atoms with E-state index in [-0.39, 0.29) is 22.7 Å².